The molecular weight excluding hydrogens is 821 g/mol. The molecule has 5 rings (SSSR count). The van der Waals surface area contributed by atoms with E-state index in [0.717, 1.165) is 87.4 Å². The van der Waals surface area contributed by atoms with Gasteiger partial charge in [-0.15, -0.1) is 0 Å². The summed E-state index contributed by atoms with van der Waals surface area (Å²) < 4.78 is 23.8. The number of nitrogens with zero attached hydrogens (tertiary/aromatic N) is 1. The molecule has 4 fully saturated rings. The maximum atomic E-state index is 12.9. The Hall–Kier alpha value is -1.90. The van der Waals surface area contributed by atoms with Gasteiger partial charge in [-0.1, -0.05) is 149 Å². The lowest BCUT2D eigenvalue weighted by molar-refractivity contribution is -0.145. The molecule has 380 valence electrons. The second-order valence-electron chi connectivity index (χ2n) is 23.0. The fraction of sp³-hybridized carbons (Fsp3) is 0.897. The van der Waals surface area contributed by atoms with E-state index in [1.807, 2.05) is 0 Å². The van der Waals surface area contributed by atoms with Crippen LogP contribution in [0.15, 0.2) is 23.8 Å². The van der Waals surface area contributed by atoms with Gasteiger partial charge < -0.3 is 29.2 Å². The van der Waals surface area contributed by atoms with E-state index < -0.39 is 12.1 Å². The number of carbonyl (C=O) groups is 2. The normalized spacial score (nSPS) is 28.7. The molecule has 4 aliphatic carbocycles. The predicted molar refractivity (Wildman–Crippen MR) is 273 cm³/mol. The maximum absolute atomic E-state index is 12.9. The minimum atomic E-state index is -0.528. The lowest BCUT2D eigenvalue weighted by Crippen LogP contribution is -2.51. The number of piperidine rings is 1. The number of hydrogen-bond acceptors (Lipinski definition) is 7. The molecular formula is C58H102N2O6. The third kappa shape index (κ3) is 17.8. The molecule has 0 aromatic rings. The number of esters is 1. The molecule has 1 N–H and O–H groups in total. The molecule has 9 atom stereocenters. The van der Waals surface area contributed by atoms with Gasteiger partial charge in [0.05, 0.1) is 19.3 Å². The number of ether oxygens (including phenoxy) is 4. The predicted octanol–water partition coefficient (Wildman–Crippen LogP) is 14.6. The minimum Gasteiger partial charge on any atom is -0.462 e. The second kappa shape index (κ2) is 30.0. The smallest absolute Gasteiger partial charge is 0.407 e. The second-order valence-corrected chi connectivity index (χ2v) is 23.0. The molecule has 1 amide bonds. The van der Waals surface area contributed by atoms with Crippen LogP contribution in [0.1, 0.15) is 221 Å². The van der Waals surface area contributed by atoms with E-state index in [1.165, 1.54) is 160 Å². The summed E-state index contributed by atoms with van der Waals surface area (Å²) in [7, 11) is 0. The first-order chi connectivity index (χ1) is 32.0. The third-order valence-corrected chi connectivity index (χ3v) is 17.6. The van der Waals surface area contributed by atoms with Gasteiger partial charge in [-0.3, -0.25) is 4.79 Å². The van der Waals surface area contributed by atoms with Gasteiger partial charge in [0, 0.05) is 19.6 Å². The molecule has 0 aromatic heterocycles. The first-order valence-electron chi connectivity index (χ1n) is 28.4. The minimum absolute atomic E-state index is 0.0574. The van der Waals surface area contributed by atoms with Crippen LogP contribution in [-0.4, -0.2) is 81.8 Å². The molecule has 0 spiro atoms. The zero-order valence-electron chi connectivity index (χ0n) is 43.7. The van der Waals surface area contributed by atoms with Crippen molar-refractivity contribution in [2.45, 2.75) is 234 Å². The van der Waals surface area contributed by atoms with E-state index in [0.29, 0.717) is 18.6 Å². The van der Waals surface area contributed by atoms with Gasteiger partial charge in [0.1, 0.15) is 19.3 Å². The number of carbonyl (C=O) groups excluding carboxylic acids is 2. The van der Waals surface area contributed by atoms with Crippen LogP contribution in [0.5, 0.6) is 0 Å². The Labute approximate surface area is 405 Å². The van der Waals surface area contributed by atoms with Crippen molar-refractivity contribution in [2.75, 3.05) is 52.6 Å². The van der Waals surface area contributed by atoms with Crippen molar-refractivity contribution < 1.29 is 28.5 Å². The Kier molecular flexibility index (Phi) is 25.0. The highest BCUT2D eigenvalue weighted by molar-refractivity contribution is 5.77. The van der Waals surface area contributed by atoms with E-state index in [9.17, 15) is 9.59 Å². The van der Waals surface area contributed by atoms with Crippen molar-refractivity contribution in [3.63, 3.8) is 0 Å². The van der Waals surface area contributed by atoms with Crippen LogP contribution in [0, 0.1) is 46.3 Å². The van der Waals surface area contributed by atoms with Gasteiger partial charge in [0.15, 0.2) is 0 Å². The number of alkyl carbamates (subject to hydrolysis) is 1. The van der Waals surface area contributed by atoms with Crippen LogP contribution in [0.4, 0.5) is 4.79 Å². The Morgan fingerprint density at radius 2 is 1.50 bits per heavy atom. The van der Waals surface area contributed by atoms with Gasteiger partial charge in [-0.2, -0.15) is 0 Å². The molecule has 1 aliphatic heterocycles. The summed E-state index contributed by atoms with van der Waals surface area (Å²) in [6.45, 7) is 19.4. The van der Waals surface area contributed by atoms with Crippen molar-refractivity contribution in [1.82, 2.24) is 10.2 Å². The van der Waals surface area contributed by atoms with Crippen LogP contribution in [0.2, 0.25) is 0 Å². The molecule has 66 heavy (non-hydrogen) atoms. The van der Waals surface area contributed by atoms with E-state index in [-0.39, 0.29) is 30.8 Å². The molecule has 3 saturated carbocycles. The standard InChI is InChI=1S/C58H102N2O6/c1-7-8-9-10-11-12-13-14-15-16-17-18-19-20-21-25-39-63-45-50(44-60-37-23-22-24-38-60)64-40-41-65-55(61)43-59-56(62)66-49-33-35-57(5)48(42-49)29-30-51-53-32-31-52(47(4)28-26-27-46(2)3)58(53,6)36-34-54(51)57/h14-15,29,46-47,49-54H,7-13,16-28,30-45H2,1-6H3,(H,59,62)/b15-14-/t47-,49+,50?,51+,52-,53+,54+,57+,58-/m1/s1. The van der Waals surface area contributed by atoms with Crippen molar-refractivity contribution >= 4 is 12.1 Å². The van der Waals surface area contributed by atoms with E-state index in [2.05, 4.69) is 70.0 Å². The molecule has 0 bridgehead atoms. The van der Waals surface area contributed by atoms with Gasteiger partial charge in [0.25, 0.3) is 0 Å². The Morgan fingerprint density at radius 1 is 0.788 bits per heavy atom. The van der Waals surface area contributed by atoms with Crippen LogP contribution >= 0.6 is 0 Å². The van der Waals surface area contributed by atoms with E-state index in [4.69, 9.17) is 18.9 Å². The van der Waals surface area contributed by atoms with Crippen LogP contribution in [0.25, 0.3) is 0 Å². The lowest BCUT2D eigenvalue weighted by atomic mass is 9.47. The number of rotatable bonds is 32. The van der Waals surface area contributed by atoms with Crippen molar-refractivity contribution in [3.05, 3.63) is 23.8 Å². The monoisotopic (exact) mass is 923 g/mol. The molecule has 0 aromatic carbocycles. The number of nitrogens with one attached hydrogen (secondary N) is 1. The van der Waals surface area contributed by atoms with Gasteiger partial charge in [-0.05, 0) is 149 Å². The summed E-state index contributed by atoms with van der Waals surface area (Å²) in [6, 6.07) is 0. The first-order valence-corrected chi connectivity index (χ1v) is 28.4. The van der Waals surface area contributed by atoms with Crippen molar-refractivity contribution in [2.24, 2.45) is 46.3 Å². The van der Waals surface area contributed by atoms with E-state index in [1.54, 1.807) is 0 Å². The fourth-order valence-corrected chi connectivity index (χ4v) is 13.8. The Morgan fingerprint density at radius 3 is 2.23 bits per heavy atom. The highest BCUT2D eigenvalue weighted by Crippen LogP contribution is 2.67. The number of hydrogen-bond donors (Lipinski definition) is 1. The number of allylic oxidation sites excluding steroid dienone is 3. The highest BCUT2D eigenvalue weighted by Gasteiger charge is 2.59. The van der Waals surface area contributed by atoms with Gasteiger partial charge >= 0.3 is 12.1 Å². The number of fused-ring (bicyclic) bond motifs is 5. The maximum Gasteiger partial charge on any atom is 0.407 e. The topological polar surface area (TPSA) is 86.3 Å². The van der Waals surface area contributed by atoms with Crippen molar-refractivity contribution in [3.8, 4) is 0 Å². The summed E-state index contributed by atoms with van der Waals surface area (Å²) in [5, 5.41) is 2.67. The third-order valence-electron chi connectivity index (χ3n) is 17.6. The average molecular weight is 923 g/mol. The number of unbranched alkanes of at least 4 members (excludes halogenated alkanes) is 12. The van der Waals surface area contributed by atoms with Crippen LogP contribution in [0.3, 0.4) is 0 Å². The summed E-state index contributed by atoms with van der Waals surface area (Å²) in [6.07, 6.45) is 42.2. The fourth-order valence-electron chi connectivity index (χ4n) is 13.8. The molecule has 0 radical (unpaired) electrons. The zero-order chi connectivity index (χ0) is 47.0. The van der Waals surface area contributed by atoms with Crippen molar-refractivity contribution in [1.29, 1.82) is 0 Å². The summed E-state index contributed by atoms with van der Waals surface area (Å²) in [5.41, 5.74) is 2.20. The molecule has 1 saturated heterocycles. The quantitative estimate of drug-likeness (QED) is 0.0409. The molecule has 1 unspecified atom stereocenters. The largest absolute Gasteiger partial charge is 0.462 e. The Bertz CT molecular complexity index is 1430. The Balaban J connectivity index is 0.919. The molecule has 8 nitrogen and oxygen atoms in total. The molecule has 1 heterocycles. The number of amides is 1. The lowest BCUT2D eigenvalue weighted by Gasteiger charge is -2.58. The highest BCUT2D eigenvalue weighted by atomic mass is 16.6. The SMILES string of the molecule is CCCCCCCC/C=C\CCCCCCCCOCC(CN1CCCCC1)OCCOC(=O)CNC(=O)O[C@H]1CC[C@@]2(C)C(=CC[C@H]3[C@@H]4CC[C@H]([C@H](C)CCCC(C)C)[C@@]4(C)CC[C@@H]32)C1. The van der Waals surface area contributed by atoms with E-state index >= 15 is 0 Å². The average Bonchev–Trinajstić information content (AvgIpc) is 3.67. The van der Waals surface area contributed by atoms with Gasteiger partial charge in [0.2, 0.25) is 0 Å². The van der Waals surface area contributed by atoms with Crippen LogP contribution in [-0.2, 0) is 23.7 Å². The number of likely N-dealkylation sites (tertiary alicyclic amines) is 1. The zero-order valence-corrected chi connectivity index (χ0v) is 43.7. The molecule has 5 aliphatic rings. The summed E-state index contributed by atoms with van der Waals surface area (Å²) >= 11 is 0. The first kappa shape index (κ1) is 55.0. The molecule has 8 heteroatoms. The summed E-state index contributed by atoms with van der Waals surface area (Å²) in [4.78, 5) is 28.1. The van der Waals surface area contributed by atoms with Crippen LogP contribution < -0.4 is 5.32 Å². The summed E-state index contributed by atoms with van der Waals surface area (Å²) in [5.74, 6) is 4.39. The van der Waals surface area contributed by atoms with Gasteiger partial charge in [-0.25, -0.2) is 4.79 Å².